The summed E-state index contributed by atoms with van der Waals surface area (Å²) >= 11 is 16.5. The van der Waals surface area contributed by atoms with Gasteiger partial charge in [-0.15, -0.1) is 22.7 Å². The minimum atomic E-state index is -3.22. The fourth-order valence-corrected chi connectivity index (χ4v) is 4.49. The van der Waals surface area contributed by atoms with Gasteiger partial charge in [0.15, 0.2) is 11.9 Å². The Morgan fingerprint density at radius 3 is 1.89 bits per heavy atom. The van der Waals surface area contributed by atoms with Crippen molar-refractivity contribution in [2.75, 3.05) is 19.5 Å². The van der Waals surface area contributed by atoms with E-state index in [1.54, 1.807) is 30.5 Å². The minimum absolute atomic E-state index is 0. The molecule has 0 radical (unpaired) electrons. The van der Waals surface area contributed by atoms with E-state index in [0.29, 0.717) is 39.1 Å². The molecule has 7 heterocycles. The smallest absolute Gasteiger partial charge is 0.394 e. The average molecular weight is 910 g/mol. The standard InChI is InChI=1S/C9H5N3O2S.C6H7NO3.C6H7NO2S.C4H4N2O2.C4H2N2O.CH4.Cl3OP.H3N/c13-8-6-5(1-4-15-6)11-7(12-8)9-10-2-3-14-9;1-2-9-6(8)5-7-3-4-10-5;1-9-6(8)5-4(7)2-3-10-5;5-3(7)4-6-1-2-8-4;5-3-4-6-1-2-7-4;;1-5(2,3)4;/h1-4H,(H,11,12,13);3-4H,2H2,1H3;2-3H,7H2,1H3;1-2H,(H2,5,7);1-2H;1H4;;1H3. The van der Waals surface area contributed by atoms with Crippen molar-refractivity contribution in [2.45, 2.75) is 14.4 Å². The summed E-state index contributed by atoms with van der Waals surface area (Å²) < 4.78 is 37.9. The predicted octanol–water partition coefficient (Wildman–Crippen LogP) is 7.54. The Bertz CT molecular complexity index is 2310. The van der Waals surface area contributed by atoms with Gasteiger partial charge in [0.05, 0.1) is 49.7 Å². The number of rotatable bonds is 5. The van der Waals surface area contributed by atoms with E-state index < -0.39 is 17.1 Å². The molecule has 0 aliphatic rings. The van der Waals surface area contributed by atoms with Gasteiger partial charge in [-0.3, -0.25) is 14.2 Å². The van der Waals surface area contributed by atoms with Crippen molar-refractivity contribution in [3.05, 3.63) is 106 Å². The molecule has 0 spiro atoms. The fraction of sp³-hybridized carbons (Fsp3) is 0.133. The van der Waals surface area contributed by atoms with Crippen molar-refractivity contribution < 1.29 is 46.1 Å². The molecule has 0 atom stereocenters. The Balaban J connectivity index is 0.000000678. The monoisotopic (exact) mass is 908 g/mol. The molecule has 0 saturated heterocycles. The second kappa shape index (κ2) is 26.9. The van der Waals surface area contributed by atoms with Crippen LogP contribution in [0.15, 0.2) is 95.2 Å². The van der Waals surface area contributed by atoms with Crippen molar-refractivity contribution in [3.8, 4) is 17.8 Å². The first-order valence-corrected chi connectivity index (χ1v) is 20.4. The molecule has 7 rings (SSSR count). The molecule has 0 aliphatic carbocycles. The molecule has 306 valence electrons. The largest absolute Gasteiger partial charge is 0.465 e. The molecule has 0 bridgehead atoms. The van der Waals surface area contributed by atoms with Gasteiger partial charge >= 0.3 is 28.9 Å². The minimum Gasteiger partial charge on any atom is -0.465 e. The van der Waals surface area contributed by atoms with E-state index in [2.05, 4.69) is 86.4 Å². The summed E-state index contributed by atoms with van der Waals surface area (Å²) in [4.78, 5) is 65.1. The Kier molecular flexibility index (Phi) is 24.1. The number of nitrogens with one attached hydrogen (secondary N) is 1. The number of aromatic nitrogens is 6. The second-order valence-electron chi connectivity index (χ2n) is 8.69. The number of amides is 1. The lowest BCUT2D eigenvalue weighted by molar-refractivity contribution is 0.0480. The molecule has 1 amide bonds. The topological polar surface area (TPSA) is 347 Å². The number of hydrogen-bond acceptors (Lipinski definition) is 21. The zero-order valence-corrected chi connectivity index (χ0v) is 33.4. The highest BCUT2D eigenvalue weighted by Crippen LogP contribution is 2.61. The number of oxazole rings is 4. The summed E-state index contributed by atoms with van der Waals surface area (Å²) in [5, 5.41) is 8.38. The highest BCUT2D eigenvalue weighted by atomic mass is 36.0. The van der Waals surface area contributed by atoms with Gasteiger partial charge in [-0.05, 0) is 63.5 Å². The molecule has 57 heavy (non-hydrogen) atoms. The van der Waals surface area contributed by atoms with Crippen LogP contribution >= 0.6 is 61.6 Å². The first-order chi connectivity index (χ1) is 26.2. The first kappa shape index (κ1) is 51.1. The number of nitrogens with two attached hydrogens (primary N) is 2. The molecule has 0 saturated carbocycles. The molecule has 0 aliphatic heterocycles. The van der Waals surface area contributed by atoms with Crippen LogP contribution in [0.1, 0.15) is 51.3 Å². The maximum Gasteiger partial charge on any atom is 0.394 e. The van der Waals surface area contributed by atoms with Gasteiger partial charge in [0.25, 0.3) is 23.2 Å². The SMILES string of the molecule is C.CCOC(=O)c1ncco1.COC(=O)c1sccc1N.N.N#Cc1ncco1.NC(=O)c1ncco1.O=P(Cl)(Cl)Cl.O=c1[nH]c(-c2ncco2)nc2ccsc12. The van der Waals surface area contributed by atoms with Gasteiger partial charge in [0, 0.05) is 0 Å². The van der Waals surface area contributed by atoms with Crippen LogP contribution in [-0.2, 0) is 14.0 Å². The summed E-state index contributed by atoms with van der Waals surface area (Å²) in [5.41, 5.74) is 11.2. The Morgan fingerprint density at radius 2 is 1.47 bits per heavy atom. The lowest BCUT2D eigenvalue weighted by atomic mass is 10.4. The van der Waals surface area contributed by atoms with E-state index >= 15 is 0 Å². The number of aromatic amines is 1. The number of hydrogen-bond donors (Lipinski definition) is 4. The van der Waals surface area contributed by atoms with Gasteiger partial charge in [-0.1, -0.05) is 7.43 Å². The number of halogens is 3. The van der Waals surface area contributed by atoms with Crippen LogP contribution in [0.25, 0.3) is 21.9 Å². The van der Waals surface area contributed by atoms with E-state index in [9.17, 15) is 23.7 Å². The van der Waals surface area contributed by atoms with E-state index in [-0.39, 0.29) is 42.8 Å². The molecular weight excluding hydrogens is 878 g/mol. The normalized spacial score (nSPS) is 9.40. The third kappa shape index (κ3) is 19.5. The number of methoxy groups -OCH3 is 1. The van der Waals surface area contributed by atoms with Crippen LogP contribution in [0.5, 0.6) is 0 Å². The van der Waals surface area contributed by atoms with Crippen molar-refractivity contribution in [1.82, 2.24) is 36.1 Å². The Hall–Kier alpha value is -5.86. The zero-order valence-electron chi connectivity index (χ0n) is 28.6. The molecular formula is C30H32Cl3N10O11PS2. The van der Waals surface area contributed by atoms with Crippen molar-refractivity contribution in [2.24, 2.45) is 5.73 Å². The highest BCUT2D eigenvalue weighted by molar-refractivity contribution is 8.24. The van der Waals surface area contributed by atoms with Crippen LogP contribution in [0, 0.1) is 11.3 Å². The number of thiophene rings is 2. The van der Waals surface area contributed by atoms with E-state index in [0.717, 1.165) is 0 Å². The number of esters is 2. The lowest BCUT2D eigenvalue weighted by Gasteiger charge is -1.94. The maximum atomic E-state index is 11.6. The van der Waals surface area contributed by atoms with Crippen LogP contribution in [0.4, 0.5) is 5.69 Å². The number of carbonyl (C=O) groups is 3. The summed E-state index contributed by atoms with van der Waals surface area (Å²) in [5.74, 6) is -0.794. The number of ether oxygens (including phenoxy) is 2. The summed E-state index contributed by atoms with van der Waals surface area (Å²) in [6.45, 7) is 2.06. The van der Waals surface area contributed by atoms with E-state index in [1.807, 2.05) is 5.38 Å². The number of carbonyl (C=O) groups excluding carboxylic acids is 3. The molecule has 0 fully saturated rings. The van der Waals surface area contributed by atoms with Crippen molar-refractivity contribution >= 4 is 95.3 Å². The first-order valence-electron chi connectivity index (χ1n) is 14.2. The number of H-pyrrole nitrogens is 1. The number of nitriles is 1. The summed E-state index contributed by atoms with van der Waals surface area (Å²) in [6, 6.07) is 5.20. The number of primary amides is 1. The molecule has 21 nitrogen and oxygen atoms in total. The van der Waals surface area contributed by atoms with Crippen LogP contribution in [-0.4, -0.2) is 61.5 Å². The van der Waals surface area contributed by atoms with Crippen LogP contribution in [0.2, 0.25) is 0 Å². The summed E-state index contributed by atoms with van der Waals surface area (Å²) in [6.07, 6.45) is 11.1. The van der Waals surface area contributed by atoms with Gasteiger partial charge in [0.1, 0.15) is 34.6 Å². The number of nitrogen functional groups attached to an aromatic ring is 1. The van der Waals surface area contributed by atoms with Gasteiger partial charge in [0.2, 0.25) is 0 Å². The van der Waals surface area contributed by atoms with Gasteiger partial charge in [-0.2, -0.15) is 5.26 Å². The maximum absolute atomic E-state index is 11.6. The van der Waals surface area contributed by atoms with E-state index in [1.165, 1.54) is 79.6 Å². The second-order valence-corrected chi connectivity index (χ2v) is 17.2. The van der Waals surface area contributed by atoms with Gasteiger partial charge < -0.3 is 49.7 Å². The number of anilines is 1. The predicted molar refractivity (Wildman–Crippen MR) is 211 cm³/mol. The van der Waals surface area contributed by atoms with Crippen LogP contribution in [0.3, 0.4) is 0 Å². The number of fused-ring (bicyclic) bond motifs is 1. The lowest BCUT2D eigenvalue weighted by Crippen LogP contribution is -2.10. The Labute approximate surface area is 344 Å². The molecule has 7 aromatic heterocycles. The van der Waals surface area contributed by atoms with Crippen LogP contribution < -0.4 is 23.2 Å². The fourth-order valence-electron chi connectivity index (χ4n) is 3.03. The highest BCUT2D eigenvalue weighted by Gasteiger charge is 2.11. The Morgan fingerprint density at radius 1 is 0.912 bits per heavy atom. The molecule has 27 heteroatoms. The third-order valence-corrected chi connectivity index (χ3v) is 6.88. The van der Waals surface area contributed by atoms with Crippen molar-refractivity contribution in [3.63, 3.8) is 0 Å². The molecule has 8 N–H and O–H groups in total. The quantitative estimate of drug-likeness (QED) is 0.0956. The molecule has 0 aromatic carbocycles. The molecule has 7 aromatic rings. The summed E-state index contributed by atoms with van der Waals surface area (Å²) in [7, 11) is 1.33. The third-order valence-electron chi connectivity index (χ3n) is 5.07. The molecule has 0 unspecified atom stereocenters. The zero-order chi connectivity index (χ0) is 40.8. The van der Waals surface area contributed by atoms with Gasteiger partial charge in [-0.25, -0.2) is 34.5 Å². The number of nitrogens with zero attached hydrogens (tertiary/aromatic N) is 6. The van der Waals surface area contributed by atoms with E-state index in [4.69, 9.17) is 21.1 Å². The average Bonchev–Trinajstić information content (AvgIpc) is 4.01. The van der Waals surface area contributed by atoms with Crippen molar-refractivity contribution in [1.29, 1.82) is 5.26 Å².